The van der Waals surface area contributed by atoms with Crippen LogP contribution in [0.15, 0.2) is 89.7 Å². The first-order valence-electron chi connectivity index (χ1n) is 8.21. The summed E-state index contributed by atoms with van der Waals surface area (Å²) >= 11 is 0. The molecule has 118 valence electrons. The highest BCUT2D eigenvalue weighted by atomic mass is 16.5. The topological polar surface area (TPSA) is 21.6 Å². The molecule has 0 bridgehead atoms. The van der Waals surface area contributed by atoms with Gasteiger partial charge in [-0.25, -0.2) is 0 Å². The molecule has 1 atom stereocenters. The van der Waals surface area contributed by atoms with Gasteiger partial charge in [-0.2, -0.15) is 0 Å². The van der Waals surface area contributed by atoms with Gasteiger partial charge >= 0.3 is 0 Å². The molecular formula is C22H19NO. The van der Waals surface area contributed by atoms with E-state index >= 15 is 0 Å². The third kappa shape index (κ3) is 2.61. The molecule has 1 aliphatic carbocycles. The Hall–Kier alpha value is -2.87. The quantitative estimate of drug-likeness (QED) is 0.685. The van der Waals surface area contributed by atoms with E-state index in [1.54, 1.807) is 0 Å². The molecule has 0 aromatic heterocycles. The van der Waals surface area contributed by atoms with Crippen molar-refractivity contribution in [2.75, 3.05) is 0 Å². The van der Waals surface area contributed by atoms with Crippen molar-refractivity contribution in [2.45, 2.75) is 19.3 Å². The fourth-order valence-electron chi connectivity index (χ4n) is 3.26. The van der Waals surface area contributed by atoms with Crippen molar-refractivity contribution in [3.8, 4) is 5.75 Å². The van der Waals surface area contributed by atoms with Gasteiger partial charge in [0.1, 0.15) is 11.5 Å². The smallest absolute Gasteiger partial charge is 0.130 e. The SMILES string of the molecule is C=C(/N=C(\C)C1=CCC2C(=C1)Oc1ccccc12)c1ccccc1. The van der Waals surface area contributed by atoms with E-state index in [4.69, 9.17) is 4.74 Å². The van der Waals surface area contributed by atoms with Crippen molar-refractivity contribution in [1.29, 1.82) is 0 Å². The lowest BCUT2D eigenvalue weighted by Gasteiger charge is -2.16. The molecule has 0 N–H and O–H groups in total. The van der Waals surface area contributed by atoms with E-state index in [1.165, 1.54) is 5.56 Å². The van der Waals surface area contributed by atoms with Gasteiger partial charge in [-0.15, -0.1) is 0 Å². The van der Waals surface area contributed by atoms with Gasteiger partial charge < -0.3 is 4.74 Å². The van der Waals surface area contributed by atoms with Gasteiger partial charge in [0.15, 0.2) is 0 Å². The van der Waals surface area contributed by atoms with Gasteiger partial charge in [0, 0.05) is 17.2 Å². The van der Waals surface area contributed by atoms with E-state index in [0.29, 0.717) is 5.92 Å². The summed E-state index contributed by atoms with van der Waals surface area (Å²) in [5.41, 5.74) is 5.19. The Morgan fingerprint density at radius 3 is 2.67 bits per heavy atom. The summed E-state index contributed by atoms with van der Waals surface area (Å²) < 4.78 is 6.02. The standard InChI is InChI=1S/C22H19NO/c1-15(17-8-4-3-5-9-17)23-16(2)18-12-13-20-19-10-6-7-11-21(19)24-22(20)14-18/h3-12,14,20H,1,13H2,2H3/b23-16+. The monoisotopic (exact) mass is 313 g/mol. The summed E-state index contributed by atoms with van der Waals surface area (Å²) in [7, 11) is 0. The number of aliphatic imine (C=N–C) groups is 1. The van der Waals surface area contributed by atoms with Crippen LogP contribution in [0.5, 0.6) is 5.75 Å². The molecule has 1 aliphatic heterocycles. The largest absolute Gasteiger partial charge is 0.461 e. The summed E-state index contributed by atoms with van der Waals surface area (Å²) in [5, 5.41) is 0. The lowest BCUT2D eigenvalue weighted by molar-refractivity contribution is 0.425. The first-order valence-corrected chi connectivity index (χ1v) is 8.21. The molecule has 0 saturated heterocycles. The van der Waals surface area contributed by atoms with Gasteiger partial charge in [-0.3, -0.25) is 4.99 Å². The first-order chi connectivity index (χ1) is 11.7. The van der Waals surface area contributed by atoms with Gasteiger partial charge in [-0.1, -0.05) is 61.2 Å². The molecule has 1 heterocycles. The van der Waals surface area contributed by atoms with Crippen LogP contribution < -0.4 is 4.74 Å². The van der Waals surface area contributed by atoms with Crippen molar-refractivity contribution in [3.63, 3.8) is 0 Å². The van der Waals surface area contributed by atoms with Crippen LogP contribution in [0.1, 0.15) is 30.4 Å². The average molecular weight is 313 g/mol. The number of fused-ring (bicyclic) bond motifs is 3. The average Bonchev–Trinajstić information content (AvgIpc) is 3.00. The summed E-state index contributed by atoms with van der Waals surface area (Å²) in [6.07, 6.45) is 5.31. The van der Waals surface area contributed by atoms with Crippen molar-refractivity contribution in [3.05, 3.63) is 95.8 Å². The van der Waals surface area contributed by atoms with Crippen molar-refractivity contribution >= 4 is 11.4 Å². The molecule has 0 fully saturated rings. The number of para-hydroxylation sites is 1. The maximum absolute atomic E-state index is 6.02. The van der Waals surface area contributed by atoms with Crippen LogP contribution >= 0.6 is 0 Å². The Bertz CT molecular complexity index is 887. The highest BCUT2D eigenvalue weighted by Crippen LogP contribution is 2.45. The highest BCUT2D eigenvalue weighted by Gasteiger charge is 2.30. The van der Waals surface area contributed by atoms with E-state index in [1.807, 2.05) is 49.4 Å². The number of hydrogen-bond donors (Lipinski definition) is 0. The molecule has 4 rings (SSSR count). The number of nitrogens with zero attached hydrogens (tertiary/aromatic N) is 1. The van der Waals surface area contributed by atoms with E-state index in [0.717, 1.165) is 40.5 Å². The molecule has 0 spiro atoms. The molecule has 2 aromatic carbocycles. The fraction of sp³-hybridized carbons (Fsp3) is 0.136. The van der Waals surface area contributed by atoms with Gasteiger partial charge in [0.05, 0.1) is 5.70 Å². The van der Waals surface area contributed by atoms with Crippen LogP contribution in [0.3, 0.4) is 0 Å². The molecule has 0 radical (unpaired) electrons. The van der Waals surface area contributed by atoms with E-state index in [2.05, 4.69) is 35.9 Å². The number of rotatable bonds is 3. The van der Waals surface area contributed by atoms with Gasteiger partial charge in [0.2, 0.25) is 0 Å². The van der Waals surface area contributed by atoms with E-state index in [-0.39, 0.29) is 0 Å². The minimum atomic E-state index is 0.343. The number of benzene rings is 2. The molecular weight excluding hydrogens is 294 g/mol. The number of allylic oxidation sites excluding steroid dienone is 4. The first kappa shape index (κ1) is 14.7. The molecule has 2 nitrogen and oxygen atoms in total. The maximum Gasteiger partial charge on any atom is 0.130 e. The summed E-state index contributed by atoms with van der Waals surface area (Å²) in [6.45, 7) is 6.12. The molecule has 2 heteroatoms. The van der Waals surface area contributed by atoms with Crippen LogP contribution in [-0.4, -0.2) is 5.71 Å². The summed E-state index contributed by atoms with van der Waals surface area (Å²) in [4.78, 5) is 4.69. The lowest BCUT2D eigenvalue weighted by Crippen LogP contribution is -2.07. The Kier molecular flexibility index (Phi) is 3.66. The predicted molar refractivity (Wildman–Crippen MR) is 99.2 cm³/mol. The normalized spacial score (nSPS) is 18.9. The van der Waals surface area contributed by atoms with Gasteiger partial charge in [0.25, 0.3) is 0 Å². The molecule has 1 unspecified atom stereocenters. The van der Waals surface area contributed by atoms with Gasteiger partial charge in [-0.05, 0) is 36.6 Å². The number of ether oxygens (including phenoxy) is 1. The zero-order valence-corrected chi connectivity index (χ0v) is 13.7. The molecule has 0 amide bonds. The van der Waals surface area contributed by atoms with Crippen LogP contribution in [0.2, 0.25) is 0 Å². The Labute approximate surface area is 142 Å². The molecule has 2 aromatic rings. The Morgan fingerprint density at radius 1 is 1.08 bits per heavy atom. The third-order valence-corrected chi connectivity index (χ3v) is 4.56. The van der Waals surface area contributed by atoms with Crippen molar-refractivity contribution in [2.24, 2.45) is 4.99 Å². The second-order valence-electron chi connectivity index (χ2n) is 6.14. The summed E-state index contributed by atoms with van der Waals surface area (Å²) in [5.74, 6) is 2.34. The zero-order chi connectivity index (χ0) is 16.5. The Morgan fingerprint density at radius 2 is 1.83 bits per heavy atom. The van der Waals surface area contributed by atoms with Crippen LogP contribution in [0.4, 0.5) is 0 Å². The van der Waals surface area contributed by atoms with E-state index < -0.39 is 0 Å². The second kappa shape index (κ2) is 5.97. The highest BCUT2D eigenvalue weighted by molar-refractivity contribution is 6.03. The fourth-order valence-corrected chi connectivity index (χ4v) is 3.26. The predicted octanol–water partition coefficient (Wildman–Crippen LogP) is 5.51. The lowest BCUT2D eigenvalue weighted by atomic mass is 9.89. The van der Waals surface area contributed by atoms with Crippen LogP contribution in [-0.2, 0) is 0 Å². The maximum atomic E-state index is 6.02. The van der Waals surface area contributed by atoms with Crippen LogP contribution in [0, 0.1) is 0 Å². The van der Waals surface area contributed by atoms with Crippen molar-refractivity contribution < 1.29 is 4.74 Å². The number of hydrogen-bond acceptors (Lipinski definition) is 2. The molecule has 2 aliphatic rings. The van der Waals surface area contributed by atoms with E-state index in [9.17, 15) is 0 Å². The van der Waals surface area contributed by atoms with Crippen LogP contribution in [0.25, 0.3) is 5.70 Å². The minimum Gasteiger partial charge on any atom is -0.461 e. The third-order valence-electron chi connectivity index (χ3n) is 4.56. The summed E-state index contributed by atoms with van der Waals surface area (Å²) in [6, 6.07) is 18.3. The zero-order valence-electron chi connectivity index (χ0n) is 13.7. The Balaban J connectivity index is 1.58. The minimum absolute atomic E-state index is 0.343. The molecule has 0 saturated carbocycles. The van der Waals surface area contributed by atoms with Crippen molar-refractivity contribution in [1.82, 2.24) is 0 Å². The molecule has 24 heavy (non-hydrogen) atoms. The second-order valence-corrected chi connectivity index (χ2v) is 6.14.